The molecular weight excluding hydrogens is 246 g/mol. The molecule has 14 heavy (non-hydrogen) atoms. The summed E-state index contributed by atoms with van der Waals surface area (Å²) >= 11 is 3.21. The van der Waals surface area contributed by atoms with Crippen LogP contribution in [0.4, 0.5) is 0 Å². The van der Waals surface area contributed by atoms with E-state index in [0.717, 1.165) is 4.47 Å². The van der Waals surface area contributed by atoms with Crippen LogP contribution in [0.5, 0.6) is 5.75 Å². The van der Waals surface area contributed by atoms with Crippen LogP contribution >= 0.6 is 15.9 Å². The number of nitrogens with zero attached hydrogens (tertiary/aromatic N) is 1. The second-order valence-electron chi connectivity index (χ2n) is 2.98. The van der Waals surface area contributed by atoms with Crippen molar-refractivity contribution in [1.82, 2.24) is 4.90 Å². The molecule has 1 rings (SSSR count). The van der Waals surface area contributed by atoms with Gasteiger partial charge in [-0.15, -0.1) is 0 Å². The molecule has 1 aromatic carbocycles. The molecule has 0 saturated heterocycles. The zero-order valence-electron chi connectivity index (χ0n) is 8.12. The van der Waals surface area contributed by atoms with E-state index in [1.54, 1.807) is 24.1 Å². The summed E-state index contributed by atoms with van der Waals surface area (Å²) < 4.78 is 0.755. The zero-order valence-corrected chi connectivity index (χ0v) is 9.71. The van der Waals surface area contributed by atoms with E-state index in [-0.39, 0.29) is 11.7 Å². The number of hydrogen-bond acceptors (Lipinski definition) is 2. The third-order valence-electron chi connectivity index (χ3n) is 2.01. The molecule has 0 atom stereocenters. The number of rotatable bonds is 2. The molecule has 0 unspecified atom stereocenters. The molecule has 0 spiro atoms. The first-order valence-electron chi connectivity index (χ1n) is 4.30. The van der Waals surface area contributed by atoms with Crippen LogP contribution in [0.3, 0.4) is 0 Å². The lowest BCUT2D eigenvalue weighted by molar-refractivity contribution is 0.0799. The molecule has 76 valence electrons. The summed E-state index contributed by atoms with van der Waals surface area (Å²) in [5, 5.41) is 9.53. The molecule has 0 aliphatic heterocycles. The first-order valence-corrected chi connectivity index (χ1v) is 5.09. The molecule has 4 heteroatoms. The normalized spacial score (nSPS) is 9.93. The smallest absolute Gasteiger partial charge is 0.257 e. The highest BCUT2D eigenvalue weighted by atomic mass is 79.9. The van der Waals surface area contributed by atoms with Crippen molar-refractivity contribution >= 4 is 21.8 Å². The third-order valence-corrected chi connectivity index (χ3v) is 2.50. The predicted octanol–water partition coefficient (Wildman–Crippen LogP) is 2.25. The van der Waals surface area contributed by atoms with E-state index in [9.17, 15) is 9.90 Å². The van der Waals surface area contributed by atoms with Gasteiger partial charge in [0, 0.05) is 18.1 Å². The number of carbonyl (C=O) groups excluding carboxylic acids is 1. The summed E-state index contributed by atoms with van der Waals surface area (Å²) in [4.78, 5) is 13.2. The number of halogens is 1. The Bertz CT molecular complexity index is 352. The molecule has 1 aromatic rings. The number of phenols is 1. The Morgan fingerprint density at radius 2 is 2.21 bits per heavy atom. The molecular formula is C10H12BrNO2. The average Bonchev–Trinajstić information content (AvgIpc) is 2.15. The fraction of sp³-hybridized carbons (Fsp3) is 0.300. The van der Waals surface area contributed by atoms with Gasteiger partial charge in [-0.2, -0.15) is 0 Å². The van der Waals surface area contributed by atoms with Crippen LogP contribution in [0.25, 0.3) is 0 Å². The molecule has 0 aliphatic carbocycles. The van der Waals surface area contributed by atoms with Crippen LogP contribution in [-0.2, 0) is 0 Å². The van der Waals surface area contributed by atoms with Crippen molar-refractivity contribution in [3.05, 3.63) is 28.2 Å². The number of aromatic hydroxyl groups is 1. The Morgan fingerprint density at radius 1 is 1.57 bits per heavy atom. The van der Waals surface area contributed by atoms with E-state index in [0.29, 0.717) is 12.1 Å². The van der Waals surface area contributed by atoms with Crippen LogP contribution in [0.2, 0.25) is 0 Å². The van der Waals surface area contributed by atoms with Gasteiger partial charge in [0.05, 0.1) is 5.56 Å². The maximum absolute atomic E-state index is 11.7. The van der Waals surface area contributed by atoms with Crippen molar-refractivity contribution in [2.45, 2.75) is 6.92 Å². The van der Waals surface area contributed by atoms with Crippen LogP contribution in [-0.4, -0.2) is 29.5 Å². The van der Waals surface area contributed by atoms with Crippen molar-refractivity contribution < 1.29 is 9.90 Å². The molecule has 1 N–H and O–H groups in total. The van der Waals surface area contributed by atoms with Crippen molar-refractivity contribution in [3.8, 4) is 5.75 Å². The second-order valence-corrected chi connectivity index (χ2v) is 3.90. The second kappa shape index (κ2) is 4.46. The molecule has 0 heterocycles. The third kappa shape index (κ3) is 2.26. The zero-order chi connectivity index (χ0) is 10.7. The average molecular weight is 258 g/mol. The topological polar surface area (TPSA) is 40.5 Å². The van der Waals surface area contributed by atoms with Crippen molar-refractivity contribution in [1.29, 1.82) is 0 Å². The van der Waals surface area contributed by atoms with Crippen LogP contribution in [0.1, 0.15) is 17.3 Å². The molecule has 0 saturated carbocycles. The minimum atomic E-state index is -0.169. The van der Waals surface area contributed by atoms with Gasteiger partial charge in [0.2, 0.25) is 0 Å². The Labute approximate surface area is 91.5 Å². The lowest BCUT2D eigenvalue weighted by Gasteiger charge is -2.15. The van der Waals surface area contributed by atoms with Gasteiger partial charge in [0.25, 0.3) is 5.91 Å². The lowest BCUT2D eigenvalue weighted by atomic mass is 10.2. The lowest BCUT2D eigenvalue weighted by Crippen LogP contribution is -2.26. The first-order chi connectivity index (χ1) is 6.56. The van der Waals surface area contributed by atoms with Gasteiger partial charge >= 0.3 is 0 Å². The van der Waals surface area contributed by atoms with E-state index in [4.69, 9.17) is 0 Å². The largest absolute Gasteiger partial charge is 0.507 e. The van der Waals surface area contributed by atoms with Gasteiger partial charge in [0.15, 0.2) is 0 Å². The number of hydrogen-bond donors (Lipinski definition) is 1. The van der Waals surface area contributed by atoms with Gasteiger partial charge in [0.1, 0.15) is 5.75 Å². The standard InChI is InChI=1S/C10H12BrNO2/c1-3-12(2)10(14)8-5-4-7(11)6-9(8)13/h4-6,13H,3H2,1-2H3. The summed E-state index contributed by atoms with van der Waals surface area (Å²) in [6, 6.07) is 4.85. The van der Waals surface area contributed by atoms with E-state index in [1.165, 1.54) is 6.07 Å². The summed E-state index contributed by atoms with van der Waals surface area (Å²) in [5.41, 5.74) is 0.331. The maximum atomic E-state index is 11.7. The molecule has 3 nitrogen and oxygen atoms in total. The highest BCUT2D eigenvalue weighted by Crippen LogP contribution is 2.23. The van der Waals surface area contributed by atoms with Crippen molar-refractivity contribution in [2.75, 3.05) is 13.6 Å². The fourth-order valence-corrected chi connectivity index (χ4v) is 1.38. The summed E-state index contributed by atoms with van der Waals surface area (Å²) in [6.45, 7) is 2.50. The summed E-state index contributed by atoms with van der Waals surface area (Å²) in [6.07, 6.45) is 0. The minimum absolute atomic E-state index is 0.00433. The number of benzene rings is 1. The SMILES string of the molecule is CCN(C)C(=O)c1ccc(Br)cc1O. The van der Waals surface area contributed by atoms with E-state index in [1.807, 2.05) is 6.92 Å². The van der Waals surface area contributed by atoms with Gasteiger partial charge in [-0.3, -0.25) is 4.79 Å². The van der Waals surface area contributed by atoms with Crippen LogP contribution in [0.15, 0.2) is 22.7 Å². The van der Waals surface area contributed by atoms with Crippen LogP contribution in [0, 0.1) is 0 Å². The Morgan fingerprint density at radius 3 is 2.71 bits per heavy atom. The molecule has 0 bridgehead atoms. The minimum Gasteiger partial charge on any atom is -0.507 e. The van der Waals surface area contributed by atoms with E-state index in [2.05, 4.69) is 15.9 Å². The molecule has 1 amide bonds. The van der Waals surface area contributed by atoms with E-state index >= 15 is 0 Å². The van der Waals surface area contributed by atoms with Crippen molar-refractivity contribution in [3.63, 3.8) is 0 Å². The van der Waals surface area contributed by atoms with Gasteiger partial charge < -0.3 is 10.0 Å². The van der Waals surface area contributed by atoms with Crippen LogP contribution < -0.4 is 0 Å². The number of carbonyl (C=O) groups is 1. The highest BCUT2D eigenvalue weighted by molar-refractivity contribution is 9.10. The Balaban J connectivity index is 3.02. The molecule has 0 radical (unpaired) electrons. The molecule has 0 fully saturated rings. The molecule has 0 aromatic heterocycles. The Kier molecular flexibility index (Phi) is 3.52. The van der Waals surface area contributed by atoms with Gasteiger partial charge in [-0.25, -0.2) is 0 Å². The monoisotopic (exact) mass is 257 g/mol. The first kappa shape index (κ1) is 11.0. The maximum Gasteiger partial charge on any atom is 0.257 e. The quantitative estimate of drug-likeness (QED) is 0.883. The predicted molar refractivity (Wildman–Crippen MR) is 58.4 cm³/mol. The summed E-state index contributed by atoms with van der Waals surface area (Å²) in [5.74, 6) is -0.165. The molecule has 0 aliphatic rings. The van der Waals surface area contributed by atoms with E-state index < -0.39 is 0 Å². The van der Waals surface area contributed by atoms with Crippen molar-refractivity contribution in [2.24, 2.45) is 0 Å². The Hall–Kier alpha value is -1.03. The summed E-state index contributed by atoms with van der Waals surface area (Å²) in [7, 11) is 1.70. The van der Waals surface area contributed by atoms with Gasteiger partial charge in [-0.05, 0) is 25.1 Å². The van der Waals surface area contributed by atoms with Gasteiger partial charge in [-0.1, -0.05) is 15.9 Å². The number of phenolic OH excluding ortho intramolecular Hbond substituents is 1. The number of amides is 1. The fourth-order valence-electron chi connectivity index (χ4n) is 1.03. The highest BCUT2D eigenvalue weighted by Gasteiger charge is 2.14.